The predicted molar refractivity (Wildman–Crippen MR) is 98.0 cm³/mol. The van der Waals surface area contributed by atoms with Crippen molar-refractivity contribution in [2.24, 2.45) is 5.73 Å². The first kappa shape index (κ1) is 18.2. The Labute approximate surface area is 145 Å². The Hall–Kier alpha value is -1.18. The van der Waals surface area contributed by atoms with E-state index in [-0.39, 0.29) is 11.2 Å². The van der Waals surface area contributed by atoms with Gasteiger partial charge in [-0.2, -0.15) is 0 Å². The van der Waals surface area contributed by atoms with Crippen LogP contribution in [0.4, 0.5) is 0 Å². The third-order valence-corrected chi connectivity index (χ3v) is 6.20. The standard InChI is InChI=1S/C16H24N4OS2/c1-6-20(7-2)8-12-18-15-13(9(3)10(4)22-15)16(19-12)23-11(5)14(17)21/h11H,6-8H2,1-5H3,(H2,17,21)/t11-/m0/s1. The molecule has 1 atom stereocenters. The molecule has 23 heavy (non-hydrogen) atoms. The second kappa shape index (κ2) is 7.59. The molecule has 2 heterocycles. The average molecular weight is 353 g/mol. The van der Waals surface area contributed by atoms with Crippen LogP contribution >= 0.6 is 23.1 Å². The number of hydrogen-bond acceptors (Lipinski definition) is 6. The highest BCUT2D eigenvalue weighted by Gasteiger charge is 2.19. The van der Waals surface area contributed by atoms with Gasteiger partial charge in [-0.25, -0.2) is 9.97 Å². The summed E-state index contributed by atoms with van der Waals surface area (Å²) < 4.78 is 0. The molecule has 1 amide bonds. The molecule has 7 heteroatoms. The van der Waals surface area contributed by atoms with Gasteiger partial charge in [-0.05, 0) is 39.4 Å². The molecule has 0 radical (unpaired) electrons. The molecule has 0 aliphatic carbocycles. The largest absolute Gasteiger partial charge is 0.369 e. The van der Waals surface area contributed by atoms with Crippen molar-refractivity contribution >= 4 is 39.2 Å². The van der Waals surface area contributed by atoms with Crippen molar-refractivity contribution < 1.29 is 4.79 Å². The van der Waals surface area contributed by atoms with Crippen LogP contribution in [0.3, 0.4) is 0 Å². The normalized spacial score (nSPS) is 13.0. The van der Waals surface area contributed by atoms with Crippen molar-refractivity contribution in [3.8, 4) is 0 Å². The Morgan fingerprint density at radius 1 is 1.30 bits per heavy atom. The highest BCUT2D eigenvalue weighted by molar-refractivity contribution is 8.00. The zero-order valence-corrected chi connectivity index (χ0v) is 16.0. The van der Waals surface area contributed by atoms with Crippen molar-refractivity contribution in [3.05, 3.63) is 16.3 Å². The zero-order chi connectivity index (χ0) is 17.1. The summed E-state index contributed by atoms with van der Waals surface area (Å²) >= 11 is 3.11. The van der Waals surface area contributed by atoms with E-state index < -0.39 is 0 Å². The number of thiophene rings is 1. The van der Waals surface area contributed by atoms with E-state index in [1.54, 1.807) is 11.3 Å². The second-order valence-electron chi connectivity index (χ2n) is 5.53. The molecule has 0 aromatic carbocycles. The lowest BCUT2D eigenvalue weighted by Crippen LogP contribution is -2.24. The van der Waals surface area contributed by atoms with E-state index in [4.69, 9.17) is 15.7 Å². The van der Waals surface area contributed by atoms with Crippen LogP contribution in [-0.2, 0) is 11.3 Å². The molecular formula is C16H24N4OS2. The maximum atomic E-state index is 11.4. The Morgan fingerprint density at radius 3 is 2.52 bits per heavy atom. The van der Waals surface area contributed by atoms with E-state index in [0.29, 0.717) is 0 Å². The van der Waals surface area contributed by atoms with Crippen LogP contribution in [0.2, 0.25) is 0 Å². The number of thioether (sulfide) groups is 1. The van der Waals surface area contributed by atoms with E-state index in [9.17, 15) is 4.79 Å². The molecule has 2 rings (SSSR count). The van der Waals surface area contributed by atoms with Gasteiger partial charge < -0.3 is 5.73 Å². The Morgan fingerprint density at radius 2 is 1.96 bits per heavy atom. The first-order valence-electron chi connectivity index (χ1n) is 7.82. The third kappa shape index (κ3) is 4.02. The van der Waals surface area contributed by atoms with E-state index in [1.807, 2.05) is 6.92 Å². The summed E-state index contributed by atoms with van der Waals surface area (Å²) in [6, 6.07) is 0. The van der Waals surface area contributed by atoms with Gasteiger partial charge in [0, 0.05) is 10.3 Å². The van der Waals surface area contributed by atoms with Gasteiger partial charge in [0.2, 0.25) is 5.91 Å². The fourth-order valence-corrected chi connectivity index (χ4v) is 4.37. The zero-order valence-electron chi connectivity index (χ0n) is 14.3. The minimum absolute atomic E-state index is 0.311. The molecule has 0 unspecified atom stereocenters. The van der Waals surface area contributed by atoms with Gasteiger partial charge in [0.25, 0.3) is 0 Å². The van der Waals surface area contributed by atoms with Crippen molar-refractivity contribution in [1.29, 1.82) is 0 Å². The van der Waals surface area contributed by atoms with Crippen LogP contribution in [-0.4, -0.2) is 39.1 Å². The molecule has 5 nitrogen and oxygen atoms in total. The molecule has 0 aliphatic rings. The lowest BCUT2D eigenvalue weighted by Gasteiger charge is -2.17. The first-order valence-corrected chi connectivity index (χ1v) is 9.51. The summed E-state index contributed by atoms with van der Waals surface area (Å²) in [5.74, 6) is 0.485. The van der Waals surface area contributed by atoms with E-state index in [1.165, 1.54) is 22.2 Å². The lowest BCUT2D eigenvalue weighted by molar-refractivity contribution is -0.117. The fourth-order valence-electron chi connectivity index (χ4n) is 2.28. The second-order valence-corrected chi connectivity index (χ2v) is 8.06. The van der Waals surface area contributed by atoms with Crippen LogP contribution in [0.15, 0.2) is 5.03 Å². The maximum absolute atomic E-state index is 11.4. The van der Waals surface area contributed by atoms with Crippen LogP contribution in [0.5, 0.6) is 0 Å². The van der Waals surface area contributed by atoms with Crippen LogP contribution in [0, 0.1) is 13.8 Å². The van der Waals surface area contributed by atoms with Crippen molar-refractivity contribution in [3.63, 3.8) is 0 Å². The minimum Gasteiger partial charge on any atom is -0.369 e. The molecule has 0 bridgehead atoms. The molecule has 0 fully saturated rings. The topological polar surface area (TPSA) is 72.1 Å². The van der Waals surface area contributed by atoms with E-state index in [2.05, 4.69) is 32.6 Å². The number of aromatic nitrogens is 2. The summed E-state index contributed by atoms with van der Waals surface area (Å²) in [7, 11) is 0. The van der Waals surface area contributed by atoms with Crippen molar-refractivity contribution in [2.45, 2.75) is 51.4 Å². The number of primary amides is 1. The molecular weight excluding hydrogens is 328 g/mol. The molecule has 2 aromatic rings. The van der Waals surface area contributed by atoms with E-state index >= 15 is 0 Å². The molecule has 126 valence electrons. The monoisotopic (exact) mass is 352 g/mol. The molecule has 0 spiro atoms. The number of carbonyl (C=O) groups excluding carboxylic acids is 1. The van der Waals surface area contributed by atoms with Gasteiger partial charge in [0.15, 0.2) is 0 Å². The summed E-state index contributed by atoms with van der Waals surface area (Å²) in [6.45, 7) is 12.9. The van der Waals surface area contributed by atoms with Gasteiger partial charge in [-0.1, -0.05) is 25.6 Å². The van der Waals surface area contributed by atoms with E-state index in [0.717, 1.165) is 40.7 Å². The van der Waals surface area contributed by atoms with Crippen LogP contribution in [0.25, 0.3) is 10.2 Å². The number of amides is 1. The Balaban J connectivity index is 2.49. The summed E-state index contributed by atoms with van der Waals surface area (Å²) in [4.78, 5) is 25.4. The third-order valence-electron chi connectivity index (χ3n) is 3.99. The number of nitrogens with two attached hydrogens (primary N) is 1. The number of rotatable bonds is 7. The maximum Gasteiger partial charge on any atom is 0.230 e. The van der Waals surface area contributed by atoms with Crippen molar-refractivity contribution in [2.75, 3.05) is 13.1 Å². The fraction of sp³-hybridized carbons (Fsp3) is 0.562. The van der Waals surface area contributed by atoms with Crippen LogP contribution in [0.1, 0.15) is 37.0 Å². The first-order chi connectivity index (χ1) is 10.9. The SMILES string of the molecule is CCN(CC)Cc1nc(S[C@@H](C)C(N)=O)c2c(C)c(C)sc2n1. The van der Waals surface area contributed by atoms with Crippen molar-refractivity contribution in [1.82, 2.24) is 14.9 Å². The smallest absolute Gasteiger partial charge is 0.230 e. The molecule has 2 N–H and O–H groups in total. The highest BCUT2D eigenvalue weighted by atomic mass is 32.2. The Bertz CT molecular complexity index is 710. The molecule has 0 saturated carbocycles. The van der Waals surface area contributed by atoms with Gasteiger partial charge >= 0.3 is 0 Å². The number of hydrogen-bond donors (Lipinski definition) is 1. The van der Waals surface area contributed by atoms with Gasteiger partial charge in [-0.3, -0.25) is 9.69 Å². The minimum atomic E-state index is -0.323. The molecule has 0 aliphatic heterocycles. The number of aryl methyl sites for hydroxylation is 2. The summed E-state index contributed by atoms with van der Waals surface area (Å²) in [6.07, 6.45) is 0. The Kier molecular flexibility index (Phi) is 6.00. The van der Waals surface area contributed by atoms with Crippen LogP contribution < -0.4 is 5.73 Å². The highest BCUT2D eigenvalue weighted by Crippen LogP contribution is 2.36. The summed E-state index contributed by atoms with van der Waals surface area (Å²) in [5, 5.41) is 1.62. The van der Waals surface area contributed by atoms with Gasteiger partial charge in [0.05, 0.1) is 11.8 Å². The molecule has 2 aromatic heterocycles. The predicted octanol–water partition coefficient (Wildman–Crippen LogP) is 3.12. The van der Waals surface area contributed by atoms with Gasteiger partial charge in [0.1, 0.15) is 15.7 Å². The number of fused-ring (bicyclic) bond motifs is 1. The average Bonchev–Trinajstić information content (AvgIpc) is 2.79. The number of nitrogens with zero attached hydrogens (tertiary/aromatic N) is 3. The van der Waals surface area contributed by atoms with Gasteiger partial charge in [-0.15, -0.1) is 11.3 Å². The lowest BCUT2D eigenvalue weighted by atomic mass is 10.2. The molecule has 0 saturated heterocycles. The summed E-state index contributed by atoms with van der Waals surface area (Å²) in [5.41, 5.74) is 6.62. The quantitative estimate of drug-likeness (QED) is 0.612. The number of carbonyl (C=O) groups is 1.